The van der Waals surface area contributed by atoms with Crippen LogP contribution in [0.5, 0.6) is 0 Å². The normalized spacial score (nSPS) is 20.1. The molecule has 1 heterocycles. The van der Waals surface area contributed by atoms with Crippen molar-refractivity contribution in [1.82, 2.24) is 5.32 Å². The van der Waals surface area contributed by atoms with Crippen LogP contribution in [-0.2, 0) is 21.1 Å². The molecule has 114 valence electrons. The molecule has 7 heteroatoms. The number of carbonyl (C=O) groups is 2. The smallest absolute Gasteiger partial charge is 0.335 e. The van der Waals surface area contributed by atoms with Crippen LogP contribution in [0.4, 0.5) is 0 Å². The molecule has 1 fully saturated rings. The van der Waals surface area contributed by atoms with Gasteiger partial charge in [-0.1, -0.05) is 12.1 Å². The van der Waals surface area contributed by atoms with Gasteiger partial charge < -0.3 is 10.4 Å². The number of nitrogens with one attached hydrogen (secondary N) is 1. The molecule has 0 bridgehead atoms. The van der Waals surface area contributed by atoms with E-state index in [4.69, 9.17) is 5.11 Å². The van der Waals surface area contributed by atoms with E-state index in [9.17, 15) is 18.0 Å². The first-order valence-corrected chi connectivity index (χ1v) is 8.43. The Bertz CT molecular complexity index is 636. The van der Waals surface area contributed by atoms with E-state index in [2.05, 4.69) is 5.32 Å². The van der Waals surface area contributed by atoms with Crippen molar-refractivity contribution in [2.75, 3.05) is 12.3 Å². The molecule has 0 saturated carbocycles. The lowest BCUT2D eigenvalue weighted by molar-refractivity contribution is -0.120. The summed E-state index contributed by atoms with van der Waals surface area (Å²) >= 11 is 0. The summed E-state index contributed by atoms with van der Waals surface area (Å²) in [6, 6.07) is 6.37. The van der Waals surface area contributed by atoms with Crippen molar-refractivity contribution in [2.24, 2.45) is 0 Å². The maximum atomic E-state index is 11.8. The fourth-order valence-corrected chi connectivity index (χ4v) is 4.13. The molecule has 0 spiro atoms. The minimum Gasteiger partial charge on any atom is -0.478 e. The first kappa shape index (κ1) is 15.5. The molecular formula is C14H17NO5S. The molecule has 6 nitrogen and oxygen atoms in total. The van der Waals surface area contributed by atoms with Crippen molar-refractivity contribution in [3.63, 3.8) is 0 Å². The third kappa shape index (κ3) is 3.81. The Morgan fingerprint density at radius 1 is 1.24 bits per heavy atom. The lowest BCUT2D eigenvalue weighted by Crippen LogP contribution is -2.38. The number of aromatic carboxylic acids is 1. The van der Waals surface area contributed by atoms with E-state index in [1.807, 2.05) is 0 Å². The molecule has 1 aromatic carbocycles. The van der Waals surface area contributed by atoms with Crippen LogP contribution in [0.25, 0.3) is 0 Å². The Labute approximate surface area is 123 Å². The summed E-state index contributed by atoms with van der Waals surface area (Å²) < 4.78 is 23.2. The molecule has 1 saturated heterocycles. The van der Waals surface area contributed by atoms with Gasteiger partial charge in [0.25, 0.3) is 0 Å². The summed E-state index contributed by atoms with van der Waals surface area (Å²) in [5.41, 5.74) is 1.09. The summed E-state index contributed by atoms with van der Waals surface area (Å²) in [7, 11) is -3.27. The summed E-state index contributed by atoms with van der Waals surface area (Å²) in [6.45, 7) is 0.331. The van der Waals surface area contributed by atoms with Gasteiger partial charge in [-0.2, -0.15) is 0 Å². The Morgan fingerprint density at radius 2 is 1.90 bits per heavy atom. The second kappa shape index (κ2) is 6.26. The monoisotopic (exact) mass is 311 g/mol. The first-order valence-electron chi connectivity index (χ1n) is 6.71. The van der Waals surface area contributed by atoms with Gasteiger partial charge in [0.15, 0.2) is 9.84 Å². The number of rotatable bonds is 5. The van der Waals surface area contributed by atoms with E-state index in [-0.39, 0.29) is 11.3 Å². The van der Waals surface area contributed by atoms with Gasteiger partial charge in [-0.15, -0.1) is 0 Å². The largest absolute Gasteiger partial charge is 0.478 e. The van der Waals surface area contributed by atoms with Crippen LogP contribution >= 0.6 is 0 Å². The van der Waals surface area contributed by atoms with E-state index in [1.165, 1.54) is 12.1 Å². The zero-order chi connectivity index (χ0) is 15.5. The highest BCUT2D eigenvalue weighted by Crippen LogP contribution is 2.19. The SMILES string of the molecule is O=C(O)c1ccc(CCNC(=O)C2CCCS2(=O)=O)cc1. The molecule has 0 radical (unpaired) electrons. The highest BCUT2D eigenvalue weighted by atomic mass is 32.2. The Balaban J connectivity index is 1.84. The van der Waals surface area contributed by atoms with Crippen molar-refractivity contribution in [2.45, 2.75) is 24.5 Å². The van der Waals surface area contributed by atoms with Gasteiger partial charge in [-0.05, 0) is 37.0 Å². The average Bonchev–Trinajstić information content (AvgIpc) is 2.79. The van der Waals surface area contributed by atoms with Gasteiger partial charge in [0.2, 0.25) is 5.91 Å². The van der Waals surface area contributed by atoms with Gasteiger partial charge >= 0.3 is 5.97 Å². The Hall–Kier alpha value is -1.89. The lowest BCUT2D eigenvalue weighted by Gasteiger charge is -2.10. The zero-order valence-electron chi connectivity index (χ0n) is 11.4. The number of hydrogen-bond acceptors (Lipinski definition) is 4. The predicted octanol–water partition coefficient (Wildman–Crippen LogP) is 0.621. The molecule has 1 aliphatic heterocycles. The second-order valence-electron chi connectivity index (χ2n) is 5.04. The van der Waals surface area contributed by atoms with Gasteiger partial charge in [0.1, 0.15) is 5.25 Å². The molecule has 2 N–H and O–H groups in total. The van der Waals surface area contributed by atoms with Crippen molar-refractivity contribution in [3.8, 4) is 0 Å². The van der Waals surface area contributed by atoms with E-state index < -0.39 is 27.0 Å². The maximum Gasteiger partial charge on any atom is 0.335 e. The van der Waals surface area contributed by atoms with Crippen molar-refractivity contribution < 1.29 is 23.1 Å². The molecule has 1 unspecified atom stereocenters. The van der Waals surface area contributed by atoms with Gasteiger partial charge in [0.05, 0.1) is 11.3 Å². The van der Waals surface area contributed by atoms with Gasteiger partial charge in [-0.3, -0.25) is 4.79 Å². The number of carboxylic acid groups (broad SMARTS) is 1. The molecule has 21 heavy (non-hydrogen) atoms. The Kier molecular flexibility index (Phi) is 4.62. The van der Waals surface area contributed by atoms with Crippen LogP contribution in [0, 0.1) is 0 Å². The van der Waals surface area contributed by atoms with E-state index in [0.29, 0.717) is 25.8 Å². The molecule has 1 aliphatic rings. The van der Waals surface area contributed by atoms with E-state index in [0.717, 1.165) is 5.56 Å². The minimum absolute atomic E-state index is 0.0851. The first-order chi connectivity index (χ1) is 9.90. The molecule has 2 rings (SSSR count). The number of carbonyl (C=O) groups excluding carboxylic acids is 1. The standard InChI is InChI=1S/C14H17NO5S/c16-13(12-2-1-9-21(12,19)20)15-8-7-10-3-5-11(6-4-10)14(17)18/h3-6,12H,1-2,7-9H2,(H,15,16)(H,17,18). The van der Waals surface area contributed by atoms with Gasteiger partial charge in [-0.25, -0.2) is 13.2 Å². The molecule has 0 aliphatic carbocycles. The summed E-state index contributed by atoms with van der Waals surface area (Å²) in [6.07, 6.45) is 1.46. The van der Waals surface area contributed by atoms with E-state index in [1.54, 1.807) is 12.1 Å². The summed E-state index contributed by atoms with van der Waals surface area (Å²) in [5.74, 6) is -1.34. The van der Waals surface area contributed by atoms with Crippen molar-refractivity contribution in [3.05, 3.63) is 35.4 Å². The van der Waals surface area contributed by atoms with Crippen LogP contribution in [-0.4, -0.2) is 42.9 Å². The zero-order valence-corrected chi connectivity index (χ0v) is 12.2. The van der Waals surface area contributed by atoms with Crippen LogP contribution in [0.1, 0.15) is 28.8 Å². The fourth-order valence-electron chi connectivity index (χ4n) is 2.34. The topological polar surface area (TPSA) is 101 Å². The van der Waals surface area contributed by atoms with Crippen molar-refractivity contribution >= 4 is 21.7 Å². The fraction of sp³-hybridized carbons (Fsp3) is 0.429. The minimum atomic E-state index is -3.27. The van der Waals surface area contributed by atoms with Crippen molar-refractivity contribution in [1.29, 1.82) is 0 Å². The van der Waals surface area contributed by atoms with Crippen LogP contribution in [0.3, 0.4) is 0 Å². The number of benzene rings is 1. The van der Waals surface area contributed by atoms with Gasteiger partial charge in [0, 0.05) is 6.54 Å². The second-order valence-corrected chi connectivity index (χ2v) is 7.34. The number of sulfone groups is 1. The van der Waals surface area contributed by atoms with E-state index >= 15 is 0 Å². The molecule has 1 atom stereocenters. The highest BCUT2D eigenvalue weighted by Gasteiger charge is 2.36. The van der Waals surface area contributed by atoms with Crippen LogP contribution in [0.2, 0.25) is 0 Å². The highest BCUT2D eigenvalue weighted by molar-refractivity contribution is 7.93. The average molecular weight is 311 g/mol. The maximum absolute atomic E-state index is 11.8. The molecule has 1 amide bonds. The molecular weight excluding hydrogens is 294 g/mol. The number of carboxylic acids is 1. The molecule has 1 aromatic rings. The number of amides is 1. The summed E-state index contributed by atoms with van der Waals surface area (Å²) in [4.78, 5) is 22.5. The number of hydrogen-bond donors (Lipinski definition) is 2. The predicted molar refractivity (Wildman–Crippen MR) is 76.9 cm³/mol. The summed E-state index contributed by atoms with van der Waals surface area (Å²) in [5, 5.41) is 10.5. The molecule has 0 aromatic heterocycles. The third-order valence-electron chi connectivity index (χ3n) is 3.53. The quantitative estimate of drug-likeness (QED) is 0.830. The van der Waals surface area contributed by atoms with Crippen LogP contribution < -0.4 is 5.32 Å². The lowest BCUT2D eigenvalue weighted by atomic mass is 10.1. The third-order valence-corrected chi connectivity index (χ3v) is 5.71. The van der Waals surface area contributed by atoms with Crippen LogP contribution in [0.15, 0.2) is 24.3 Å². The Morgan fingerprint density at radius 3 is 2.43 bits per heavy atom.